The number of ketones is 1. The second kappa shape index (κ2) is 14.2. The van der Waals surface area contributed by atoms with E-state index < -0.39 is 48.0 Å². The van der Waals surface area contributed by atoms with Crippen LogP contribution in [0.15, 0.2) is 63.9 Å². The van der Waals surface area contributed by atoms with Crippen molar-refractivity contribution in [1.29, 1.82) is 0 Å². The number of hydrogen-bond acceptors (Lipinski definition) is 7. The van der Waals surface area contributed by atoms with Crippen LogP contribution in [0.5, 0.6) is 0 Å². The Morgan fingerprint density at radius 3 is 2.23 bits per heavy atom. The number of nitrogens with zero attached hydrogens (tertiary/aromatic N) is 2. The zero-order valence-corrected chi connectivity index (χ0v) is 23.1. The molecule has 40 heavy (non-hydrogen) atoms. The first-order valence-corrected chi connectivity index (χ1v) is 13.2. The monoisotopic (exact) mass is 558 g/mol. The molecule has 2 atom stereocenters. The highest BCUT2D eigenvalue weighted by Gasteiger charge is 2.29. The summed E-state index contributed by atoms with van der Waals surface area (Å²) in [5.74, 6) is -2.70. The van der Waals surface area contributed by atoms with E-state index in [1.807, 2.05) is 58.0 Å². The lowest BCUT2D eigenvalue weighted by atomic mass is 9.98. The Morgan fingerprint density at radius 2 is 1.57 bits per heavy atom. The average molecular weight is 559 g/mol. The molecule has 11 heteroatoms. The first kappa shape index (κ1) is 30.3. The van der Waals surface area contributed by atoms with Crippen LogP contribution in [0.3, 0.4) is 0 Å². The van der Waals surface area contributed by atoms with Crippen LogP contribution < -0.4 is 16.4 Å². The van der Waals surface area contributed by atoms with Gasteiger partial charge in [0, 0.05) is 2.85 Å². The quantitative estimate of drug-likeness (QED) is 0.314. The molecule has 2 aromatic carbocycles. The predicted molar refractivity (Wildman–Crippen MR) is 150 cm³/mol. The van der Waals surface area contributed by atoms with Crippen LogP contribution >= 0.6 is 0 Å². The SMILES string of the molecule is CC(C)C[C@H](NC(=O)[C@H](CC(C)C)NC(=O)OCc1ccccc1)C(=O)Cn1c(-c2ccccc2F)noc1=O.[HH].[HH]. The third kappa shape index (κ3) is 8.62. The number of Topliss-reactive ketones (excluding diaryl/α,β-unsaturated/α-hetero) is 1. The molecular formula is C29H39FN4O6. The van der Waals surface area contributed by atoms with E-state index in [0.29, 0.717) is 6.42 Å². The van der Waals surface area contributed by atoms with Crippen LogP contribution in [-0.4, -0.2) is 39.6 Å². The van der Waals surface area contributed by atoms with E-state index in [1.165, 1.54) is 18.2 Å². The molecule has 0 saturated carbocycles. The first-order valence-electron chi connectivity index (χ1n) is 13.2. The van der Waals surface area contributed by atoms with Gasteiger partial charge in [-0.25, -0.2) is 18.5 Å². The van der Waals surface area contributed by atoms with Gasteiger partial charge in [0.15, 0.2) is 11.6 Å². The highest BCUT2D eigenvalue weighted by molar-refractivity contribution is 5.92. The molecule has 3 rings (SSSR count). The van der Waals surface area contributed by atoms with Crippen LogP contribution in [0, 0.1) is 17.7 Å². The van der Waals surface area contributed by atoms with Crippen LogP contribution in [0.4, 0.5) is 9.18 Å². The van der Waals surface area contributed by atoms with Gasteiger partial charge in [0.1, 0.15) is 18.5 Å². The predicted octanol–water partition coefficient (Wildman–Crippen LogP) is 4.58. The smallest absolute Gasteiger partial charge is 0.442 e. The summed E-state index contributed by atoms with van der Waals surface area (Å²) >= 11 is 0. The van der Waals surface area contributed by atoms with Crippen molar-refractivity contribution in [3.05, 3.63) is 76.5 Å². The largest absolute Gasteiger partial charge is 0.445 e. The molecule has 0 saturated heterocycles. The van der Waals surface area contributed by atoms with Gasteiger partial charge < -0.3 is 15.4 Å². The number of aromatic nitrogens is 2. The molecule has 0 fully saturated rings. The lowest BCUT2D eigenvalue weighted by Crippen LogP contribution is -2.53. The Hall–Kier alpha value is -4.28. The second-order valence-corrected chi connectivity index (χ2v) is 10.4. The summed E-state index contributed by atoms with van der Waals surface area (Å²) in [7, 11) is 0. The Morgan fingerprint density at radius 1 is 0.950 bits per heavy atom. The molecule has 0 spiro atoms. The van der Waals surface area contributed by atoms with Crippen molar-refractivity contribution in [1.82, 2.24) is 20.4 Å². The Balaban J connectivity index is 0.00000441. The van der Waals surface area contributed by atoms with Gasteiger partial charge in [0.25, 0.3) is 0 Å². The zero-order valence-electron chi connectivity index (χ0n) is 23.1. The van der Waals surface area contributed by atoms with Gasteiger partial charge in [-0.2, -0.15) is 0 Å². The molecule has 0 aliphatic carbocycles. The van der Waals surface area contributed by atoms with Crippen LogP contribution in [-0.2, 0) is 27.5 Å². The van der Waals surface area contributed by atoms with Crippen molar-refractivity contribution in [2.75, 3.05) is 0 Å². The van der Waals surface area contributed by atoms with Crippen molar-refractivity contribution < 1.29 is 30.9 Å². The van der Waals surface area contributed by atoms with Gasteiger partial charge in [0.05, 0.1) is 18.2 Å². The van der Waals surface area contributed by atoms with Crippen LogP contribution in [0.2, 0.25) is 0 Å². The van der Waals surface area contributed by atoms with Crippen molar-refractivity contribution in [3.63, 3.8) is 0 Å². The number of nitrogens with one attached hydrogen (secondary N) is 2. The number of ether oxygens (including phenoxy) is 1. The van der Waals surface area contributed by atoms with Crippen molar-refractivity contribution >= 4 is 17.8 Å². The summed E-state index contributed by atoms with van der Waals surface area (Å²) in [6, 6.07) is 12.8. The van der Waals surface area contributed by atoms with Gasteiger partial charge in [0.2, 0.25) is 5.91 Å². The van der Waals surface area contributed by atoms with Crippen molar-refractivity contribution in [2.45, 2.75) is 65.8 Å². The molecule has 3 aromatic rings. The summed E-state index contributed by atoms with van der Waals surface area (Å²) in [4.78, 5) is 51.5. The van der Waals surface area contributed by atoms with Crippen LogP contribution in [0.1, 0.15) is 49.0 Å². The number of hydrogen-bond donors (Lipinski definition) is 2. The van der Waals surface area contributed by atoms with E-state index in [1.54, 1.807) is 6.07 Å². The van der Waals surface area contributed by atoms with Crippen molar-refractivity contribution in [2.24, 2.45) is 11.8 Å². The summed E-state index contributed by atoms with van der Waals surface area (Å²) in [5, 5.41) is 8.99. The number of rotatable bonds is 13. The molecule has 0 unspecified atom stereocenters. The normalized spacial score (nSPS) is 12.7. The second-order valence-electron chi connectivity index (χ2n) is 10.4. The fourth-order valence-corrected chi connectivity index (χ4v) is 4.13. The van der Waals surface area contributed by atoms with E-state index in [4.69, 9.17) is 9.26 Å². The third-order valence-corrected chi connectivity index (χ3v) is 6.06. The highest BCUT2D eigenvalue weighted by atomic mass is 19.1. The summed E-state index contributed by atoms with van der Waals surface area (Å²) in [5.41, 5.74) is 0.796. The van der Waals surface area contributed by atoms with E-state index >= 15 is 0 Å². The molecule has 0 radical (unpaired) electrons. The molecule has 218 valence electrons. The van der Waals surface area contributed by atoms with E-state index in [9.17, 15) is 23.6 Å². The number of halogens is 1. The van der Waals surface area contributed by atoms with Gasteiger partial charge in [-0.3, -0.25) is 14.1 Å². The number of benzene rings is 2. The summed E-state index contributed by atoms with van der Waals surface area (Å²) in [6.45, 7) is 7.11. The lowest BCUT2D eigenvalue weighted by molar-refractivity contribution is -0.129. The average Bonchev–Trinajstić information content (AvgIpc) is 3.26. The standard InChI is InChI=1S/C29H35FN4O6.2H2/c1-18(2)14-23(25(35)16-34-26(33-40-29(34)38)21-12-8-9-13-22(21)30)31-27(36)24(15-19(3)4)32-28(37)39-17-20-10-6-5-7-11-20;;/h5-13,18-19,23-24H,14-17H2,1-4H3,(H,31,36)(H,32,37);2*1H/t23-,24-;;/m0../s1. The maximum Gasteiger partial charge on any atom is 0.442 e. The fraction of sp³-hybridized carbons (Fsp3) is 0.414. The zero-order chi connectivity index (χ0) is 29.2. The number of carbonyl (C=O) groups is 3. The number of carbonyl (C=O) groups excluding carboxylic acids is 3. The van der Waals surface area contributed by atoms with Gasteiger partial charge >= 0.3 is 11.8 Å². The topological polar surface area (TPSA) is 133 Å². The van der Waals surface area contributed by atoms with E-state index in [2.05, 4.69) is 15.8 Å². The minimum absolute atomic E-state index is 0. The number of amides is 2. The van der Waals surface area contributed by atoms with Crippen molar-refractivity contribution in [3.8, 4) is 11.4 Å². The molecule has 0 bridgehead atoms. The Labute approximate surface area is 234 Å². The third-order valence-electron chi connectivity index (χ3n) is 6.06. The molecule has 1 aromatic heterocycles. The van der Waals surface area contributed by atoms with Gasteiger partial charge in [-0.1, -0.05) is 75.3 Å². The molecule has 2 N–H and O–H groups in total. The minimum atomic E-state index is -0.987. The van der Waals surface area contributed by atoms with E-state index in [-0.39, 0.29) is 39.1 Å². The van der Waals surface area contributed by atoms with Crippen LogP contribution in [0.25, 0.3) is 11.4 Å². The highest BCUT2D eigenvalue weighted by Crippen LogP contribution is 2.20. The molecule has 2 amide bonds. The number of alkyl carbamates (subject to hydrolysis) is 1. The van der Waals surface area contributed by atoms with Gasteiger partial charge in [-0.15, -0.1) is 0 Å². The summed E-state index contributed by atoms with van der Waals surface area (Å²) in [6.07, 6.45) is -0.189. The molecular weight excluding hydrogens is 519 g/mol. The fourth-order valence-electron chi connectivity index (χ4n) is 4.13. The minimum Gasteiger partial charge on any atom is -0.445 e. The first-order chi connectivity index (χ1) is 19.0. The molecule has 0 aliphatic heterocycles. The Bertz CT molecular complexity index is 1360. The summed E-state index contributed by atoms with van der Waals surface area (Å²) < 4.78 is 25.3. The lowest BCUT2D eigenvalue weighted by Gasteiger charge is -2.25. The van der Waals surface area contributed by atoms with E-state index in [0.717, 1.165) is 10.1 Å². The maximum atomic E-state index is 14.4. The molecule has 10 nitrogen and oxygen atoms in total. The molecule has 1 heterocycles. The van der Waals surface area contributed by atoms with Gasteiger partial charge in [-0.05, 0) is 42.4 Å². The maximum absolute atomic E-state index is 14.4. The molecule has 0 aliphatic rings. The Kier molecular flexibility index (Phi) is 10.7.